The minimum absolute atomic E-state index is 0. The van der Waals surface area contributed by atoms with Gasteiger partial charge in [0.25, 0.3) is 0 Å². The third-order valence-electron chi connectivity index (χ3n) is 1.74. The summed E-state index contributed by atoms with van der Waals surface area (Å²) in [6.07, 6.45) is 3.50. The van der Waals surface area contributed by atoms with Gasteiger partial charge in [0.15, 0.2) is 17.5 Å². The first-order valence-corrected chi connectivity index (χ1v) is 4.91. The van der Waals surface area contributed by atoms with E-state index in [0.29, 0.717) is 0 Å². The maximum Gasteiger partial charge on any atom is 0.200 e. The molecule has 2 aromatic rings. The van der Waals surface area contributed by atoms with Gasteiger partial charge in [-0.1, -0.05) is 11.0 Å². The Hall–Kier alpha value is -1.80. The van der Waals surface area contributed by atoms with E-state index < -0.39 is 34.0 Å². The molecule has 0 atom stereocenters. The van der Waals surface area contributed by atoms with Crippen molar-refractivity contribution in [3.63, 3.8) is 0 Å². The van der Waals surface area contributed by atoms with Crippen LogP contribution in [-0.4, -0.2) is 4.98 Å². The van der Waals surface area contributed by atoms with Crippen molar-refractivity contribution in [3.05, 3.63) is 59.7 Å². The lowest BCUT2D eigenvalue weighted by Crippen LogP contribution is -2.02. The molecule has 0 unspecified atom stereocenters. The van der Waals surface area contributed by atoms with Gasteiger partial charge in [-0.05, 0) is 12.1 Å². The maximum atomic E-state index is 12.3. The molecule has 0 fully saturated rings. The highest BCUT2D eigenvalue weighted by Gasteiger charge is 2.19. The van der Waals surface area contributed by atoms with Gasteiger partial charge >= 0.3 is 0 Å². The summed E-state index contributed by atoms with van der Waals surface area (Å²) in [5.41, 5.74) is 0. The molecule has 0 saturated heterocycles. The SMILES string of the molecule is Fc1c(F)c(F)c([S-])c(F)c1F.[NH4+].c1ccncc1. The topological polar surface area (TPSA) is 49.4 Å². The lowest BCUT2D eigenvalue weighted by molar-refractivity contribution is 0.361. The Balaban J connectivity index is 0.000000392. The van der Waals surface area contributed by atoms with Crippen molar-refractivity contribution in [1.82, 2.24) is 11.1 Å². The van der Waals surface area contributed by atoms with Crippen molar-refractivity contribution < 1.29 is 22.0 Å². The van der Waals surface area contributed by atoms with E-state index in [1.54, 1.807) is 12.4 Å². The number of nitrogens with zero attached hydrogens (tertiary/aromatic N) is 1. The van der Waals surface area contributed by atoms with Crippen LogP contribution in [-0.2, 0) is 12.6 Å². The van der Waals surface area contributed by atoms with E-state index in [4.69, 9.17) is 0 Å². The molecule has 0 aliphatic rings. The normalized spacial score (nSPS) is 9.11. The van der Waals surface area contributed by atoms with Crippen LogP contribution in [0.2, 0.25) is 0 Å². The molecule has 0 spiro atoms. The Bertz CT molecular complexity index is 405. The van der Waals surface area contributed by atoms with Gasteiger partial charge < -0.3 is 18.8 Å². The van der Waals surface area contributed by atoms with E-state index in [1.807, 2.05) is 18.2 Å². The van der Waals surface area contributed by atoms with Crippen molar-refractivity contribution in [2.75, 3.05) is 0 Å². The Morgan fingerprint density at radius 3 is 1.32 bits per heavy atom. The lowest BCUT2D eigenvalue weighted by atomic mass is 10.3. The molecule has 4 N–H and O–H groups in total. The third kappa shape index (κ3) is 4.11. The highest BCUT2D eigenvalue weighted by molar-refractivity contribution is 7.58. The summed E-state index contributed by atoms with van der Waals surface area (Å²) in [5.74, 6) is -10.2. The molecule has 2 rings (SSSR count). The second kappa shape index (κ2) is 7.59. The van der Waals surface area contributed by atoms with Gasteiger partial charge in [0.1, 0.15) is 11.6 Å². The highest BCUT2D eigenvalue weighted by atomic mass is 32.1. The second-order valence-corrected chi connectivity index (χ2v) is 3.33. The summed E-state index contributed by atoms with van der Waals surface area (Å²) >= 11 is 3.93. The molecule has 0 aliphatic heterocycles. The molecule has 2 nitrogen and oxygen atoms in total. The van der Waals surface area contributed by atoms with E-state index in [-0.39, 0.29) is 6.15 Å². The van der Waals surface area contributed by atoms with Crippen LogP contribution in [0.15, 0.2) is 35.5 Å². The van der Waals surface area contributed by atoms with Crippen LogP contribution in [0.25, 0.3) is 0 Å². The molecular formula is C11H9F5N2S. The zero-order chi connectivity index (χ0) is 13.7. The summed E-state index contributed by atoms with van der Waals surface area (Å²) in [6, 6.07) is 5.72. The lowest BCUT2D eigenvalue weighted by Gasteiger charge is -2.10. The molecule has 0 amide bonds. The molecule has 104 valence electrons. The van der Waals surface area contributed by atoms with Crippen molar-refractivity contribution in [2.24, 2.45) is 0 Å². The van der Waals surface area contributed by atoms with Crippen LogP contribution in [0, 0.1) is 29.1 Å². The van der Waals surface area contributed by atoms with Gasteiger partial charge in [-0.2, -0.15) is 0 Å². The number of aromatic nitrogens is 1. The number of quaternary nitrogens is 1. The van der Waals surface area contributed by atoms with E-state index in [0.717, 1.165) is 0 Å². The molecule has 0 radical (unpaired) electrons. The molecule has 1 aromatic carbocycles. The Morgan fingerprint density at radius 1 is 0.684 bits per heavy atom. The predicted molar refractivity (Wildman–Crippen MR) is 62.1 cm³/mol. The molecule has 0 saturated carbocycles. The van der Waals surface area contributed by atoms with Gasteiger partial charge in [-0.15, -0.1) is 0 Å². The van der Waals surface area contributed by atoms with Crippen LogP contribution in [0.3, 0.4) is 0 Å². The molecule has 8 heteroatoms. The fourth-order valence-corrected chi connectivity index (χ4v) is 1.08. The Morgan fingerprint density at radius 2 is 1.05 bits per heavy atom. The van der Waals surface area contributed by atoms with Crippen molar-refractivity contribution in [2.45, 2.75) is 4.90 Å². The first-order chi connectivity index (χ1) is 8.46. The van der Waals surface area contributed by atoms with Crippen LogP contribution in [0.1, 0.15) is 0 Å². The summed E-state index contributed by atoms with van der Waals surface area (Å²) in [6.45, 7) is 0. The molecule has 0 bridgehead atoms. The van der Waals surface area contributed by atoms with Crippen molar-refractivity contribution >= 4 is 12.6 Å². The molecule has 1 aromatic heterocycles. The largest absolute Gasteiger partial charge is 0.774 e. The average Bonchev–Trinajstić information content (AvgIpc) is 2.43. The molecule has 19 heavy (non-hydrogen) atoms. The first-order valence-electron chi connectivity index (χ1n) is 4.50. The number of hydrogen-bond acceptors (Lipinski definition) is 2. The van der Waals surface area contributed by atoms with Gasteiger partial charge in [-0.3, -0.25) is 4.98 Å². The number of rotatable bonds is 0. The summed E-state index contributed by atoms with van der Waals surface area (Å²) < 4.78 is 61.2. The van der Waals surface area contributed by atoms with E-state index in [2.05, 4.69) is 17.6 Å². The minimum Gasteiger partial charge on any atom is -0.774 e. The van der Waals surface area contributed by atoms with Gasteiger partial charge in [0, 0.05) is 12.4 Å². The molecule has 1 heterocycles. The zero-order valence-electron chi connectivity index (χ0n) is 9.63. The summed E-state index contributed by atoms with van der Waals surface area (Å²) in [5, 5.41) is 0. The van der Waals surface area contributed by atoms with Crippen LogP contribution in [0.4, 0.5) is 22.0 Å². The van der Waals surface area contributed by atoms with Crippen LogP contribution >= 0.6 is 0 Å². The summed E-state index contributed by atoms with van der Waals surface area (Å²) in [7, 11) is 0. The second-order valence-electron chi connectivity index (χ2n) is 2.92. The average molecular weight is 296 g/mol. The maximum absolute atomic E-state index is 12.3. The van der Waals surface area contributed by atoms with Crippen molar-refractivity contribution in [1.29, 1.82) is 0 Å². The fraction of sp³-hybridized carbons (Fsp3) is 0. The third-order valence-corrected chi connectivity index (χ3v) is 2.09. The van der Waals surface area contributed by atoms with Gasteiger partial charge in [0.05, 0.1) is 0 Å². The standard InChI is InChI=1S/C6HF5S.C5H5N.H3N/c7-1-2(8)4(10)6(12)5(11)3(1)9;1-2-4-6-5-3-1;/h12H;1-5H;1H3. The van der Waals surface area contributed by atoms with E-state index in [9.17, 15) is 22.0 Å². The smallest absolute Gasteiger partial charge is 0.200 e. The Kier molecular flexibility index (Phi) is 6.87. The fourth-order valence-electron chi connectivity index (χ4n) is 0.897. The first kappa shape index (κ1) is 17.2. The molecule has 0 aliphatic carbocycles. The Labute approximate surface area is 111 Å². The number of pyridine rings is 1. The van der Waals surface area contributed by atoms with Crippen molar-refractivity contribution in [3.8, 4) is 0 Å². The molecular weight excluding hydrogens is 287 g/mol. The van der Waals surface area contributed by atoms with E-state index >= 15 is 0 Å². The van der Waals surface area contributed by atoms with E-state index in [1.165, 1.54) is 0 Å². The minimum atomic E-state index is -2.20. The monoisotopic (exact) mass is 296 g/mol. The quantitative estimate of drug-likeness (QED) is 0.348. The number of benzene rings is 1. The van der Waals surface area contributed by atoms with Crippen LogP contribution < -0.4 is 6.15 Å². The number of hydrogen-bond donors (Lipinski definition) is 1. The number of halogens is 5. The predicted octanol–water partition coefficient (Wildman–Crippen LogP) is 3.75. The van der Waals surface area contributed by atoms with Gasteiger partial charge in [-0.25, -0.2) is 22.0 Å². The van der Waals surface area contributed by atoms with Crippen LogP contribution in [0.5, 0.6) is 0 Å². The van der Waals surface area contributed by atoms with Gasteiger partial charge in [0.2, 0.25) is 0 Å². The zero-order valence-corrected chi connectivity index (χ0v) is 10.4. The summed E-state index contributed by atoms with van der Waals surface area (Å²) in [4.78, 5) is 2.50. The highest BCUT2D eigenvalue weighted by Crippen LogP contribution is 2.21.